The fourth-order valence-electron chi connectivity index (χ4n) is 3.16. The molecule has 6 nitrogen and oxygen atoms in total. The number of nitrogens with zero attached hydrogens (tertiary/aromatic N) is 2. The molecule has 1 aromatic carbocycles. The van der Waals surface area contributed by atoms with Crippen LogP contribution in [-0.4, -0.2) is 69.1 Å². The van der Waals surface area contributed by atoms with E-state index in [4.69, 9.17) is 9.15 Å². The van der Waals surface area contributed by atoms with Crippen molar-refractivity contribution in [2.75, 3.05) is 53.4 Å². The minimum Gasteiger partial charge on any atom is -0.497 e. The van der Waals surface area contributed by atoms with E-state index in [1.54, 1.807) is 13.4 Å². The molecule has 1 amide bonds. The number of ether oxygens (including phenoxy) is 1. The Hall–Kier alpha value is -2.05. The molecule has 6 heteroatoms. The number of methoxy groups -OCH3 is 1. The first-order valence-corrected chi connectivity index (χ1v) is 8.87. The molecule has 1 aromatic heterocycles. The third-order valence-electron chi connectivity index (χ3n) is 4.78. The Labute approximate surface area is 148 Å². The maximum absolute atomic E-state index is 12.2. The Morgan fingerprint density at radius 1 is 1.28 bits per heavy atom. The maximum atomic E-state index is 12.2. The summed E-state index contributed by atoms with van der Waals surface area (Å²) in [7, 11) is 3.79. The van der Waals surface area contributed by atoms with E-state index in [0.29, 0.717) is 6.42 Å². The average Bonchev–Trinajstić information content (AvgIpc) is 3.02. The molecule has 0 radical (unpaired) electrons. The second-order valence-corrected chi connectivity index (χ2v) is 6.65. The van der Waals surface area contributed by atoms with Crippen LogP contribution in [0.5, 0.6) is 5.75 Å². The first-order chi connectivity index (χ1) is 12.2. The van der Waals surface area contributed by atoms with Crippen molar-refractivity contribution >= 4 is 16.9 Å². The molecule has 3 rings (SSSR count). The van der Waals surface area contributed by atoms with Gasteiger partial charge in [0.2, 0.25) is 5.91 Å². The number of hydrogen-bond donors (Lipinski definition) is 1. The molecular formula is C19H27N3O3. The van der Waals surface area contributed by atoms with Gasteiger partial charge in [0.15, 0.2) is 0 Å². The van der Waals surface area contributed by atoms with E-state index in [-0.39, 0.29) is 5.91 Å². The van der Waals surface area contributed by atoms with Crippen molar-refractivity contribution in [3.05, 3.63) is 30.0 Å². The predicted molar refractivity (Wildman–Crippen MR) is 98.0 cm³/mol. The number of nitrogens with one attached hydrogen (secondary N) is 1. The van der Waals surface area contributed by atoms with E-state index in [1.165, 1.54) is 0 Å². The highest BCUT2D eigenvalue weighted by Gasteiger charge is 2.14. The second-order valence-electron chi connectivity index (χ2n) is 6.65. The highest BCUT2D eigenvalue weighted by atomic mass is 16.5. The lowest BCUT2D eigenvalue weighted by atomic mass is 10.1. The summed E-state index contributed by atoms with van der Waals surface area (Å²) in [6.07, 6.45) is 2.99. The number of fused-ring (bicyclic) bond motifs is 1. The van der Waals surface area contributed by atoms with Gasteiger partial charge in [-0.1, -0.05) is 0 Å². The van der Waals surface area contributed by atoms with Crippen molar-refractivity contribution < 1.29 is 13.9 Å². The zero-order chi connectivity index (χ0) is 17.6. The number of benzene rings is 1. The lowest BCUT2D eigenvalue weighted by molar-refractivity contribution is -0.120. The molecule has 25 heavy (non-hydrogen) atoms. The van der Waals surface area contributed by atoms with E-state index in [9.17, 15) is 4.79 Å². The third kappa shape index (κ3) is 4.74. The summed E-state index contributed by atoms with van der Waals surface area (Å²) in [5, 5.41) is 3.98. The smallest absolute Gasteiger partial charge is 0.224 e. The van der Waals surface area contributed by atoms with Crippen LogP contribution in [0.4, 0.5) is 0 Å². The molecule has 1 N–H and O–H groups in total. The lowest BCUT2D eigenvalue weighted by Crippen LogP contribution is -2.45. The Morgan fingerprint density at radius 3 is 2.84 bits per heavy atom. The summed E-state index contributed by atoms with van der Waals surface area (Å²) in [5.74, 6) is 0.790. The molecule has 1 saturated heterocycles. The van der Waals surface area contributed by atoms with Gasteiger partial charge < -0.3 is 24.3 Å². The van der Waals surface area contributed by atoms with E-state index in [1.807, 2.05) is 18.2 Å². The SMILES string of the molecule is COc1ccc2c(CC(=O)NCCCN3CCN(C)CC3)coc2c1. The molecule has 136 valence electrons. The first-order valence-electron chi connectivity index (χ1n) is 8.87. The van der Waals surface area contributed by atoms with Gasteiger partial charge in [-0.3, -0.25) is 4.79 Å². The maximum Gasteiger partial charge on any atom is 0.224 e. The number of hydrogen-bond acceptors (Lipinski definition) is 5. The molecular weight excluding hydrogens is 318 g/mol. The predicted octanol–water partition coefficient (Wildman–Crippen LogP) is 1.74. The Bertz CT molecular complexity index is 705. The highest BCUT2D eigenvalue weighted by molar-refractivity contribution is 5.88. The molecule has 1 aliphatic rings. The monoisotopic (exact) mass is 345 g/mol. The van der Waals surface area contributed by atoms with Gasteiger partial charge in [-0.25, -0.2) is 0 Å². The fourth-order valence-corrected chi connectivity index (χ4v) is 3.16. The summed E-state index contributed by atoms with van der Waals surface area (Å²) in [6.45, 7) is 6.26. The zero-order valence-corrected chi connectivity index (χ0v) is 15.1. The van der Waals surface area contributed by atoms with Crippen molar-refractivity contribution in [3.63, 3.8) is 0 Å². The van der Waals surface area contributed by atoms with Gasteiger partial charge in [0.1, 0.15) is 11.3 Å². The minimum absolute atomic E-state index is 0.0388. The van der Waals surface area contributed by atoms with Gasteiger partial charge in [-0.05, 0) is 32.1 Å². The largest absolute Gasteiger partial charge is 0.497 e. The molecule has 2 aromatic rings. The molecule has 1 aliphatic heterocycles. The van der Waals surface area contributed by atoms with Crippen molar-refractivity contribution in [1.29, 1.82) is 0 Å². The number of rotatable bonds is 7. The number of furan rings is 1. The van der Waals surface area contributed by atoms with Crippen LogP contribution in [0, 0.1) is 0 Å². The van der Waals surface area contributed by atoms with Crippen molar-refractivity contribution in [3.8, 4) is 5.75 Å². The van der Waals surface area contributed by atoms with Gasteiger partial charge in [-0.2, -0.15) is 0 Å². The second kappa shape index (κ2) is 8.36. The highest BCUT2D eigenvalue weighted by Crippen LogP contribution is 2.25. The molecule has 0 bridgehead atoms. The minimum atomic E-state index is 0.0388. The van der Waals surface area contributed by atoms with E-state index >= 15 is 0 Å². The topological polar surface area (TPSA) is 58.0 Å². The van der Waals surface area contributed by atoms with Gasteiger partial charge in [0, 0.05) is 49.7 Å². The summed E-state index contributed by atoms with van der Waals surface area (Å²) in [5.41, 5.74) is 1.66. The number of likely N-dealkylation sites (N-methyl/N-ethyl adjacent to an activating group) is 1. The summed E-state index contributed by atoms with van der Waals surface area (Å²) < 4.78 is 10.7. The third-order valence-corrected chi connectivity index (χ3v) is 4.78. The van der Waals surface area contributed by atoms with Crippen LogP contribution in [0.15, 0.2) is 28.9 Å². The van der Waals surface area contributed by atoms with Gasteiger partial charge in [0.05, 0.1) is 19.8 Å². The Morgan fingerprint density at radius 2 is 2.08 bits per heavy atom. The molecule has 0 aliphatic carbocycles. The number of amides is 1. The normalized spacial score (nSPS) is 16.2. The molecule has 0 atom stereocenters. The molecule has 2 heterocycles. The van der Waals surface area contributed by atoms with E-state index < -0.39 is 0 Å². The van der Waals surface area contributed by atoms with E-state index in [2.05, 4.69) is 22.2 Å². The number of carbonyl (C=O) groups is 1. The van der Waals surface area contributed by atoms with Gasteiger partial charge in [-0.15, -0.1) is 0 Å². The Kier molecular flexibility index (Phi) is 5.94. The zero-order valence-electron chi connectivity index (χ0n) is 15.1. The van der Waals surface area contributed by atoms with Gasteiger partial charge >= 0.3 is 0 Å². The standard InChI is InChI=1S/C19H27N3O3/c1-21-8-10-22(11-9-21)7-3-6-20-19(23)12-15-14-25-18-13-16(24-2)4-5-17(15)18/h4-5,13-14H,3,6-12H2,1-2H3,(H,20,23). The molecule has 0 spiro atoms. The number of carbonyl (C=O) groups excluding carboxylic acids is 1. The quantitative estimate of drug-likeness (QED) is 0.775. The molecule has 0 unspecified atom stereocenters. The Balaban J connectivity index is 1.42. The van der Waals surface area contributed by atoms with Crippen LogP contribution in [0.25, 0.3) is 11.0 Å². The molecule has 1 fully saturated rings. The summed E-state index contributed by atoms with van der Waals surface area (Å²) >= 11 is 0. The first kappa shape index (κ1) is 17.8. The van der Waals surface area contributed by atoms with Crippen molar-refractivity contribution in [1.82, 2.24) is 15.1 Å². The van der Waals surface area contributed by atoms with Crippen LogP contribution in [0.2, 0.25) is 0 Å². The van der Waals surface area contributed by atoms with E-state index in [0.717, 1.165) is 68.0 Å². The lowest BCUT2D eigenvalue weighted by Gasteiger charge is -2.32. The van der Waals surface area contributed by atoms with Crippen LogP contribution < -0.4 is 10.1 Å². The molecule has 0 saturated carbocycles. The number of piperazine rings is 1. The van der Waals surface area contributed by atoms with Crippen LogP contribution in [0.3, 0.4) is 0 Å². The average molecular weight is 345 g/mol. The van der Waals surface area contributed by atoms with Gasteiger partial charge in [0.25, 0.3) is 0 Å². The summed E-state index contributed by atoms with van der Waals surface area (Å²) in [6, 6.07) is 5.66. The van der Waals surface area contributed by atoms with Crippen molar-refractivity contribution in [2.45, 2.75) is 12.8 Å². The van der Waals surface area contributed by atoms with Crippen LogP contribution >= 0.6 is 0 Å². The van der Waals surface area contributed by atoms with Crippen LogP contribution in [-0.2, 0) is 11.2 Å². The van der Waals surface area contributed by atoms with Crippen LogP contribution in [0.1, 0.15) is 12.0 Å². The summed E-state index contributed by atoms with van der Waals surface area (Å²) in [4.78, 5) is 17.0. The van der Waals surface area contributed by atoms with Crippen molar-refractivity contribution in [2.24, 2.45) is 0 Å². The fraction of sp³-hybridized carbons (Fsp3) is 0.526.